The number of nitrogens with zero attached hydrogens (tertiary/aromatic N) is 5. The van der Waals surface area contributed by atoms with Gasteiger partial charge in [0.2, 0.25) is 17.4 Å². The van der Waals surface area contributed by atoms with Crippen molar-refractivity contribution in [2.75, 3.05) is 6.61 Å². The highest BCUT2D eigenvalue weighted by atomic mass is 16.3. The van der Waals surface area contributed by atoms with Crippen molar-refractivity contribution in [2.45, 2.75) is 46.1 Å². The molecule has 0 aliphatic heterocycles. The number of allylic oxidation sites excluding steroid dienone is 1. The molecule has 2 aromatic heterocycles. The van der Waals surface area contributed by atoms with Gasteiger partial charge in [0.1, 0.15) is 17.2 Å². The van der Waals surface area contributed by atoms with Crippen LogP contribution >= 0.6 is 0 Å². The van der Waals surface area contributed by atoms with Crippen LogP contribution < -0.4 is 0 Å². The lowest BCUT2D eigenvalue weighted by Gasteiger charge is -2.18. The smallest absolute Gasteiger partial charge is 0.209 e. The fourth-order valence-corrected chi connectivity index (χ4v) is 4.80. The van der Waals surface area contributed by atoms with Gasteiger partial charge in [0.15, 0.2) is 0 Å². The Morgan fingerprint density at radius 1 is 0.973 bits per heavy atom. The number of benzene rings is 2. The number of aliphatic hydroxyl groups is 1. The number of aliphatic hydroxyl groups excluding tert-OH is 1. The molecule has 188 valence electrons. The lowest BCUT2D eigenvalue weighted by atomic mass is 9.89. The number of tetrazole rings is 1. The molecule has 37 heavy (non-hydrogen) atoms. The van der Waals surface area contributed by atoms with E-state index in [-0.39, 0.29) is 30.3 Å². The normalized spacial score (nSPS) is 13.4. The van der Waals surface area contributed by atoms with Crippen molar-refractivity contribution in [1.29, 1.82) is 0 Å². The molecule has 0 saturated heterocycles. The maximum atomic E-state index is 13.4. The van der Waals surface area contributed by atoms with Gasteiger partial charge in [-0.05, 0) is 41.7 Å². The van der Waals surface area contributed by atoms with E-state index < -0.39 is 0 Å². The van der Waals surface area contributed by atoms with Gasteiger partial charge in [-0.2, -0.15) is 5.21 Å². The summed E-state index contributed by atoms with van der Waals surface area (Å²) in [5, 5.41) is 23.9. The highest BCUT2D eigenvalue weighted by Gasteiger charge is 2.35. The van der Waals surface area contributed by atoms with Crippen molar-refractivity contribution in [3.05, 3.63) is 82.5 Å². The standard InChI is InChI=1S/C28H28N6O3/c1-3-4-9-23-29-24-25(27(37)20(14-15-35)17(2)26(24)36)34(23)16-18-10-12-19(13-11-18)21-7-5-6-8-22(21)28-30-32-33-31-28/h5-8,10-13,35H,3-4,9,14-16H2,1-2H3,(H,30,31,32,33). The van der Waals surface area contributed by atoms with E-state index in [1.807, 2.05) is 53.1 Å². The number of imidazole rings is 1. The Labute approximate surface area is 214 Å². The van der Waals surface area contributed by atoms with Gasteiger partial charge >= 0.3 is 0 Å². The Morgan fingerprint density at radius 3 is 2.41 bits per heavy atom. The van der Waals surface area contributed by atoms with Crippen LogP contribution in [0.1, 0.15) is 65.5 Å². The van der Waals surface area contributed by atoms with Crippen LogP contribution in [-0.4, -0.2) is 53.5 Å². The van der Waals surface area contributed by atoms with E-state index >= 15 is 0 Å². The quantitative estimate of drug-likeness (QED) is 0.356. The molecule has 0 saturated carbocycles. The highest BCUT2D eigenvalue weighted by molar-refractivity contribution is 6.25. The predicted molar refractivity (Wildman–Crippen MR) is 138 cm³/mol. The molecule has 0 spiro atoms. The number of aryl methyl sites for hydroxylation is 1. The maximum absolute atomic E-state index is 13.4. The van der Waals surface area contributed by atoms with E-state index in [1.165, 1.54) is 0 Å². The van der Waals surface area contributed by atoms with E-state index in [9.17, 15) is 14.7 Å². The fraction of sp³-hybridized carbons (Fsp3) is 0.286. The first-order valence-corrected chi connectivity index (χ1v) is 12.4. The van der Waals surface area contributed by atoms with Gasteiger partial charge < -0.3 is 9.67 Å². The van der Waals surface area contributed by atoms with Gasteiger partial charge in [0, 0.05) is 36.3 Å². The lowest BCUT2D eigenvalue weighted by Crippen LogP contribution is -2.24. The summed E-state index contributed by atoms with van der Waals surface area (Å²) < 4.78 is 1.89. The zero-order valence-corrected chi connectivity index (χ0v) is 20.9. The maximum Gasteiger partial charge on any atom is 0.209 e. The summed E-state index contributed by atoms with van der Waals surface area (Å²) >= 11 is 0. The molecule has 5 rings (SSSR count). The number of aromatic amines is 1. The molecular formula is C28H28N6O3. The van der Waals surface area contributed by atoms with Crippen LogP contribution in [0, 0.1) is 0 Å². The number of hydrogen-bond acceptors (Lipinski definition) is 7. The molecular weight excluding hydrogens is 468 g/mol. The molecule has 0 bridgehead atoms. The average molecular weight is 497 g/mol. The monoisotopic (exact) mass is 496 g/mol. The van der Waals surface area contributed by atoms with Crippen LogP contribution in [0.25, 0.3) is 22.5 Å². The van der Waals surface area contributed by atoms with Crippen LogP contribution in [0.2, 0.25) is 0 Å². The second-order valence-electron chi connectivity index (χ2n) is 9.13. The molecule has 4 aromatic rings. The van der Waals surface area contributed by atoms with Crippen molar-refractivity contribution in [3.63, 3.8) is 0 Å². The summed E-state index contributed by atoms with van der Waals surface area (Å²) in [4.78, 5) is 31.2. The van der Waals surface area contributed by atoms with Crippen LogP contribution in [0.4, 0.5) is 0 Å². The number of H-pyrrole nitrogens is 1. The molecule has 9 heteroatoms. The SMILES string of the molecule is CCCCc1nc2c(n1Cc1ccc(-c3ccccc3-c3nn[nH]n3)cc1)C(=O)C(CCO)=C(C)C2=O. The molecule has 9 nitrogen and oxygen atoms in total. The average Bonchev–Trinajstić information content (AvgIpc) is 3.58. The summed E-state index contributed by atoms with van der Waals surface area (Å²) in [5.74, 6) is 0.804. The molecule has 0 radical (unpaired) electrons. The number of fused-ring (bicyclic) bond motifs is 1. The van der Waals surface area contributed by atoms with Gasteiger partial charge in [-0.25, -0.2) is 4.98 Å². The number of unbranched alkanes of at least 4 members (excludes halogenated alkanes) is 1. The van der Waals surface area contributed by atoms with Crippen molar-refractivity contribution in [3.8, 4) is 22.5 Å². The van der Waals surface area contributed by atoms with Crippen molar-refractivity contribution < 1.29 is 14.7 Å². The first-order chi connectivity index (χ1) is 18.0. The minimum Gasteiger partial charge on any atom is -0.396 e. The summed E-state index contributed by atoms with van der Waals surface area (Å²) in [7, 11) is 0. The second kappa shape index (κ2) is 10.4. The Bertz CT molecular complexity index is 1480. The van der Waals surface area contributed by atoms with Gasteiger partial charge in [-0.3, -0.25) is 9.59 Å². The van der Waals surface area contributed by atoms with Gasteiger partial charge in [-0.15, -0.1) is 10.2 Å². The molecule has 2 aromatic carbocycles. The molecule has 0 atom stereocenters. The molecule has 1 aliphatic rings. The third-order valence-corrected chi connectivity index (χ3v) is 6.78. The minimum atomic E-state index is -0.233. The summed E-state index contributed by atoms with van der Waals surface area (Å²) in [6, 6.07) is 15.9. The van der Waals surface area contributed by atoms with E-state index in [1.54, 1.807) is 6.92 Å². The number of nitrogens with one attached hydrogen (secondary N) is 1. The molecule has 1 aliphatic carbocycles. The van der Waals surface area contributed by atoms with Crippen molar-refractivity contribution in [2.24, 2.45) is 0 Å². The van der Waals surface area contributed by atoms with Crippen LogP contribution in [0.15, 0.2) is 59.7 Å². The third-order valence-electron chi connectivity index (χ3n) is 6.78. The topological polar surface area (TPSA) is 127 Å². The van der Waals surface area contributed by atoms with Crippen molar-refractivity contribution in [1.82, 2.24) is 30.2 Å². The zero-order valence-electron chi connectivity index (χ0n) is 20.9. The molecule has 2 heterocycles. The first kappa shape index (κ1) is 24.5. The van der Waals surface area contributed by atoms with Crippen LogP contribution in [0.5, 0.6) is 0 Å². The Balaban J connectivity index is 1.50. The number of carbonyl (C=O) groups is 2. The zero-order chi connectivity index (χ0) is 25.9. The Hall–Kier alpha value is -4.24. The Kier molecular flexibility index (Phi) is 6.87. The third kappa shape index (κ3) is 4.53. The summed E-state index contributed by atoms with van der Waals surface area (Å²) in [6.45, 7) is 3.97. The number of hydrogen-bond donors (Lipinski definition) is 2. The molecule has 0 unspecified atom stereocenters. The van der Waals surface area contributed by atoms with Gasteiger partial charge in [0.25, 0.3) is 0 Å². The molecule has 0 amide bonds. The summed E-state index contributed by atoms with van der Waals surface area (Å²) in [5.41, 5.74) is 5.13. The number of carbonyl (C=O) groups excluding carboxylic acids is 2. The van der Waals surface area contributed by atoms with Crippen LogP contribution in [0.3, 0.4) is 0 Å². The molecule has 0 fully saturated rings. The van der Waals surface area contributed by atoms with E-state index in [4.69, 9.17) is 0 Å². The van der Waals surface area contributed by atoms with E-state index in [0.717, 1.165) is 40.9 Å². The largest absolute Gasteiger partial charge is 0.396 e. The highest BCUT2D eigenvalue weighted by Crippen LogP contribution is 2.32. The van der Waals surface area contributed by atoms with Gasteiger partial charge in [0.05, 0.1) is 0 Å². The number of Topliss-reactive ketones (excluding diaryl/α,β-unsaturated/α-hetero) is 2. The fourth-order valence-electron chi connectivity index (χ4n) is 4.80. The first-order valence-electron chi connectivity index (χ1n) is 12.4. The minimum absolute atomic E-state index is 0.153. The summed E-state index contributed by atoms with van der Waals surface area (Å²) in [6.07, 6.45) is 2.70. The predicted octanol–water partition coefficient (Wildman–Crippen LogP) is 4.20. The van der Waals surface area contributed by atoms with Crippen molar-refractivity contribution >= 4 is 11.6 Å². The molecule has 2 N–H and O–H groups in total. The van der Waals surface area contributed by atoms with Gasteiger partial charge in [-0.1, -0.05) is 61.9 Å². The lowest BCUT2D eigenvalue weighted by molar-refractivity contribution is 0.0961. The van der Waals surface area contributed by atoms with E-state index in [2.05, 4.69) is 32.5 Å². The number of aromatic nitrogens is 6. The second-order valence-corrected chi connectivity index (χ2v) is 9.13. The number of ketones is 2. The van der Waals surface area contributed by atoms with Crippen LogP contribution in [-0.2, 0) is 13.0 Å². The Morgan fingerprint density at radius 2 is 1.73 bits per heavy atom. The van der Waals surface area contributed by atoms with E-state index in [0.29, 0.717) is 35.6 Å². The number of rotatable bonds is 9.